The molecule has 2 atom stereocenters. The number of carbonyl (C=O) groups is 1. The largest absolute Gasteiger partial charge is 0.348 e. The number of hydrogen-bond donors (Lipinski definition) is 2. The van der Waals surface area contributed by atoms with Gasteiger partial charge in [0.05, 0.1) is 6.54 Å². The third-order valence-corrected chi connectivity index (χ3v) is 4.21. The van der Waals surface area contributed by atoms with Crippen LogP contribution in [0.3, 0.4) is 0 Å². The molecule has 2 aliphatic heterocycles. The quantitative estimate of drug-likeness (QED) is 0.884. The van der Waals surface area contributed by atoms with Gasteiger partial charge in [-0.25, -0.2) is 8.78 Å². The fourth-order valence-electron chi connectivity index (χ4n) is 3.36. The highest BCUT2D eigenvalue weighted by Gasteiger charge is 2.34. The van der Waals surface area contributed by atoms with E-state index in [0.717, 1.165) is 12.8 Å². The van der Waals surface area contributed by atoms with Crippen molar-refractivity contribution in [2.24, 2.45) is 0 Å². The summed E-state index contributed by atoms with van der Waals surface area (Å²) in [5.74, 6) is -0.248. The third kappa shape index (κ3) is 2.85. The lowest BCUT2D eigenvalue weighted by Gasteiger charge is -2.29. The minimum absolute atomic E-state index is 0.149. The zero-order valence-corrected chi connectivity index (χ0v) is 11.2. The van der Waals surface area contributed by atoms with Gasteiger partial charge in [-0.1, -0.05) is 0 Å². The first-order valence-electron chi connectivity index (χ1n) is 7.12. The minimum Gasteiger partial charge on any atom is -0.348 e. The molecular weight excluding hydrogens is 264 g/mol. The van der Waals surface area contributed by atoms with E-state index >= 15 is 0 Å². The molecule has 20 heavy (non-hydrogen) atoms. The molecule has 2 N–H and O–H groups in total. The number of aromatic nitrogens is 1. The van der Waals surface area contributed by atoms with Crippen LogP contribution in [0.5, 0.6) is 0 Å². The van der Waals surface area contributed by atoms with Gasteiger partial charge in [0.25, 0.3) is 12.3 Å². The number of piperidine rings is 1. The van der Waals surface area contributed by atoms with Crippen LogP contribution in [0.2, 0.25) is 0 Å². The van der Waals surface area contributed by atoms with E-state index < -0.39 is 13.0 Å². The topological polar surface area (TPSA) is 46.1 Å². The first kappa shape index (κ1) is 13.5. The maximum atomic E-state index is 12.5. The van der Waals surface area contributed by atoms with Crippen molar-refractivity contribution in [3.05, 3.63) is 24.0 Å². The van der Waals surface area contributed by atoms with E-state index in [1.807, 2.05) is 0 Å². The fraction of sp³-hybridized carbons (Fsp3) is 0.643. The van der Waals surface area contributed by atoms with Crippen LogP contribution in [0, 0.1) is 0 Å². The van der Waals surface area contributed by atoms with E-state index in [2.05, 4.69) is 10.6 Å². The number of nitrogens with one attached hydrogen (secondary N) is 2. The minimum atomic E-state index is -2.45. The molecule has 4 nitrogen and oxygen atoms in total. The lowest BCUT2D eigenvalue weighted by atomic mass is 10.00. The molecule has 2 unspecified atom stereocenters. The molecule has 1 aromatic heterocycles. The van der Waals surface area contributed by atoms with Crippen LogP contribution < -0.4 is 10.6 Å². The van der Waals surface area contributed by atoms with Gasteiger partial charge in [0.15, 0.2) is 0 Å². The molecule has 0 spiro atoms. The average Bonchev–Trinajstić information content (AvgIpc) is 2.95. The van der Waals surface area contributed by atoms with Crippen LogP contribution >= 0.6 is 0 Å². The highest BCUT2D eigenvalue weighted by molar-refractivity contribution is 5.92. The van der Waals surface area contributed by atoms with Gasteiger partial charge in [-0.05, 0) is 37.8 Å². The monoisotopic (exact) mass is 283 g/mol. The predicted octanol–water partition coefficient (Wildman–Crippen LogP) is 1.77. The molecule has 2 aliphatic rings. The molecular formula is C14H19F2N3O. The Morgan fingerprint density at radius 2 is 2.10 bits per heavy atom. The van der Waals surface area contributed by atoms with Crippen molar-refractivity contribution in [2.45, 2.75) is 56.8 Å². The van der Waals surface area contributed by atoms with E-state index in [9.17, 15) is 13.6 Å². The standard InChI is InChI=1S/C14H19F2N3O/c15-13(16)8-19-5-1-2-12(19)14(20)18-11-6-9-3-4-10(7-11)17-9/h1-2,5,9-11,13,17H,3-4,6-8H2,(H,18,20). The lowest BCUT2D eigenvalue weighted by Crippen LogP contribution is -2.48. The summed E-state index contributed by atoms with van der Waals surface area (Å²) in [7, 11) is 0. The maximum absolute atomic E-state index is 12.5. The molecule has 3 rings (SSSR count). The van der Waals surface area contributed by atoms with Gasteiger partial charge >= 0.3 is 0 Å². The number of amides is 1. The Morgan fingerprint density at radius 1 is 1.40 bits per heavy atom. The van der Waals surface area contributed by atoms with E-state index in [4.69, 9.17) is 0 Å². The van der Waals surface area contributed by atoms with Gasteiger partial charge < -0.3 is 15.2 Å². The van der Waals surface area contributed by atoms with Crippen molar-refractivity contribution < 1.29 is 13.6 Å². The second-order valence-corrected chi connectivity index (χ2v) is 5.72. The predicted molar refractivity (Wildman–Crippen MR) is 70.9 cm³/mol. The molecule has 1 aromatic rings. The van der Waals surface area contributed by atoms with Crippen molar-refractivity contribution in [1.29, 1.82) is 0 Å². The van der Waals surface area contributed by atoms with Crippen LogP contribution in [0.1, 0.15) is 36.2 Å². The van der Waals surface area contributed by atoms with E-state index in [1.165, 1.54) is 23.6 Å². The molecule has 1 amide bonds. The molecule has 2 fully saturated rings. The summed E-state index contributed by atoms with van der Waals surface area (Å²) in [5, 5.41) is 6.50. The number of nitrogens with zero attached hydrogens (tertiary/aromatic N) is 1. The second kappa shape index (κ2) is 5.52. The van der Waals surface area contributed by atoms with Crippen molar-refractivity contribution >= 4 is 5.91 Å². The van der Waals surface area contributed by atoms with E-state index in [-0.39, 0.29) is 11.9 Å². The van der Waals surface area contributed by atoms with E-state index in [0.29, 0.717) is 17.8 Å². The van der Waals surface area contributed by atoms with Crippen molar-refractivity contribution in [3.63, 3.8) is 0 Å². The van der Waals surface area contributed by atoms with Gasteiger partial charge in [0.2, 0.25) is 0 Å². The van der Waals surface area contributed by atoms with E-state index in [1.54, 1.807) is 12.1 Å². The van der Waals surface area contributed by atoms with Gasteiger partial charge in [0.1, 0.15) is 5.69 Å². The first-order chi connectivity index (χ1) is 9.61. The molecule has 3 heterocycles. The fourth-order valence-corrected chi connectivity index (χ4v) is 3.36. The molecule has 0 aromatic carbocycles. The smallest absolute Gasteiger partial charge is 0.268 e. The Kier molecular flexibility index (Phi) is 3.74. The SMILES string of the molecule is O=C(NC1CC2CCC(C1)N2)c1cccn1CC(F)F. The zero-order valence-electron chi connectivity index (χ0n) is 11.2. The molecule has 110 valence electrons. The Hall–Kier alpha value is -1.43. The summed E-state index contributed by atoms with van der Waals surface area (Å²) in [4.78, 5) is 12.2. The van der Waals surface area contributed by atoms with Crippen LogP contribution in [0.4, 0.5) is 8.78 Å². The van der Waals surface area contributed by atoms with Crippen LogP contribution in [0.15, 0.2) is 18.3 Å². The lowest BCUT2D eigenvalue weighted by molar-refractivity contribution is 0.0902. The normalized spacial score (nSPS) is 28.9. The summed E-state index contributed by atoms with van der Waals surface area (Å²) in [6, 6.07) is 4.35. The number of hydrogen-bond acceptors (Lipinski definition) is 2. The van der Waals surface area contributed by atoms with Crippen LogP contribution in [-0.2, 0) is 6.54 Å². The Labute approximate surface area is 116 Å². The van der Waals surface area contributed by atoms with Crippen molar-refractivity contribution in [2.75, 3.05) is 0 Å². The molecule has 0 radical (unpaired) electrons. The first-order valence-corrected chi connectivity index (χ1v) is 7.12. The highest BCUT2D eigenvalue weighted by atomic mass is 19.3. The number of halogens is 2. The molecule has 0 aliphatic carbocycles. The van der Waals surface area contributed by atoms with Crippen LogP contribution in [-0.4, -0.2) is 35.0 Å². The van der Waals surface area contributed by atoms with Crippen LogP contribution in [0.25, 0.3) is 0 Å². The number of carbonyl (C=O) groups excluding carboxylic acids is 1. The van der Waals surface area contributed by atoms with Gasteiger partial charge in [0, 0.05) is 24.3 Å². The summed E-state index contributed by atoms with van der Waals surface area (Å²) >= 11 is 0. The molecule has 0 saturated carbocycles. The number of rotatable bonds is 4. The Bertz CT molecular complexity index is 477. The summed E-state index contributed by atoms with van der Waals surface area (Å²) < 4.78 is 26.2. The number of fused-ring (bicyclic) bond motifs is 2. The Balaban J connectivity index is 1.63. The van der Waals surface area contributed by atoms with Gasteiger partial charge in [-0.3, -0.25) is 4.79 Å². The van der Waals surface area contributed by atoms with Gasteiger partial charge in [-0.15, -0.1) is 0 Å². The summed E-state index contributed by atoms with van der Waals surface area (Å²) in [6.45, 7) is -0.437. The maximum Gasteiger partial charge on any atom is 0.268 e. The highest BCUT2D eigenvalue weighted by Crippen LogP contribution is 2.26. The Morgan fingerprint density at radius 3 is 2.75 bits per heavy atom. The number of alkyl halides is 2. The molecule has 6 heteroatoms. The average molecular weight is 283 g/mol. The molecule has 2 saturated heterocycles. The summed E-state index contributed by atoms with van der Waals surface area (Å²) in [5.41, 5.74) is 0.316. The molecule has 2 bridgehead atoms. The zero-order chi connectivity index (χ0) is 14.1. The third-order valence-electron chi connectivity index (χ3n) is 4.21. The van der Waals surface area contributed by atoms with Crippen molar-refractivity contribution in [3.8, 4) is 0 Å². The van der Waals surface area contributed by atoms with Crippen molar-refractivity contribution in [1.82, 2.24) is 15.2 Å². The summed E-state index contributed by atoms with van der Waals surface area (Å²) in [6.07, 6.45) is 3.25. The van der Waals surface area contributed by atoms with Gasteiger partial charge in [-0.2, -0.15) is 0 Å². The second-order valence-electron chi connectivity index (χ2n) is 5.72.